The highest BCUT2D eigenvalue weighted by Crippen LogP contribution is 2.31. The van der Waals surface area contributed by atoms with Crippen molar-refractivity contribution in [3.05, 3.63) is 34.0 Å². The molecule has 1 aromatic carbocycles. The molecule has 0 bridgehead atoms. The number of nitrogens with two attached hydrogens (primary N) is 1. The van der Waals surface area contributed by atoms with Crippen LogP contribution >= 0.6 is 11.6 Å². The van der Waals surface area contributed by atoms with E-state index in [-0.39, 0.29) is 6.04 Å². The van der Waals surface area contributed by atoms with E-state index in [4.69, 9.17) is 17.3 Å². The third kappa shape index (κ3) is 1.64. The summed E-state index contributed by atoms with van der Waals surface area (Å²) < 4.78 is 0. The summed E-state index contributed by atoms with van der Waals surface area (Å²) in [6.07, 6.45) is 0. The molecule has 0 fully saturated rings. The number of aromatic amines is 1. The average molecular weight is 223 g/mol. The molecule has 1 heterocycles. The average Bonchev–Trinajstić information content (AvgIpc) is 2.41. The zero-order valence-electron chi connectivity index (χ0n) is 9.19. The fourth-order valence-corrected chi connectivity index (χ4v) is 2.45. The molecule has 0 aliphatic rings. The van der Waals surface area contributed by atoms with Gasteiger partial charge in [0.05, 0.1) is 10.5 Å². The zero-order valence-corrected chi connectivity index (χ0v) is 9.94. The molecule has 1 unspecified atom stereocenters. The number of H-pyrrole nitrogens is 1. The topological polar surface area (TPSA) is 41.8 Å². The minimum absolute atomic E-state index is 0.0246. The van der Waals surface area contributed by atoms with Crippen LogP contribution in [0.25, 0.3) is 10.9 Å². The van der Waals surface area contributed by atoms with Crippen molar-refractivity contribution in [2.45, 2.75) is 26.8 Å². The molecule has 15 heavy (non-hydrogen) atoms. The van der Waals surface area contributed by atoms with Crippen molar-refractivity contribution < 1.29 is 0 Å². The van der Waals surface area contributed by atoms with Crippen LogP contribution in [0.3, 0.4) is 0 Å². The van der Waals surface area contributed by atoms with Gasteiger partial charge >= 0.3 is 0 Å². The molecular weight excluding hydrogens is 208 g/mol. The van der Waals surface area contributed by atoms with Crippen LogP contribution < -0.4 is 5.73 Å². The highest BCUT2D eigenvalue weighted by Gasteiger charge is 2.13. The molecule has 0 saturated heterocycles. The van der Waals surface area contributed by atoms with E-state index in [1.165, 1.54) is 0 Å². The fourth-order valence-electron chi connectivity index (χ4n) is 2.13. The van der Waals surface area contributed by atoms with E-state index in [0.29, 0.717) is 0 Å². The molecule has 2 aromatic rings. The lowest BCUT2D eigenvalue weighted by Crippen LogP contribution is -2.05. The van der Waals surface area contributed by atoms with Gasteiger partial charge < -0.3 is 10.7 Å². The third-order valence-electron chi connectivity index (χ3n) is 2.70. The summed E-state index contributed by atoms with van der Waals surface area (Å²) in [7, 11) is 0. The monoisotopic (exact) mass is 222 g/mol. The molecule has 3 N–H and O–H groups in total. The summed E-state index contributed by atoms with van der Waals surface area (Å²) in [6, 6.07) is 4.12. The van der Waals surface area contributed by atoms with E-state index in [0.717, 1.165) is 32.7 Å². The number of nitrogens with one attached hydrogen (secondary N) is 1. The molecule has 1 atom stereocenters. The highest BCUT2D eigenvalue weighted by molar-refractivity contribution is 6.35. The first-order valence-corrected chi connectivity index (χ1v) is 5.42. The third-order valence-corrected chi connectivity index (χ3v) is 2.99. The largest absolute Gasteiger partial charge is 0.357 e. The first-order chi connectivity index (χ1) is 7.00. The number of rotatable bonds is 1. The Morgan fingerprint density at radius 1 is 1.33 bits per heavy atom. The normalized spacial score (nSPS) is 13.4. The quantitative estimate of drug-likeness (QED) is 0.763. The lowest BCUT2D eigenvalue weighted by Gasteiger charge is -2.05. The standard InChI is InChI=1S/C12H15ClN2/c1-6-4-9-11(7(2)14)8(3)15-12(9)10(13)5-6/h4-5,7,15H,14H2,1-3H3. The maximum absolute atomic E-state index is 6.18. The minimum atomic E-state index is 0.0246. The van der Waals surface area contributed by atoms with Crippen LogP contribution in [0.1, 0.15) is 29.8 Å². The maximum atomic E-state index is 6.18. The molecule has 0 saturated carbocycles. The summed E-state index contributed by atoms with van der Waals surface area (Å²) in [6.45, 7) is 6.06. The van der Waals surface area contributed by atoms with Gasteiger partial charge in [-0.1, -0.05) is 11.6 Å². The van der Waals surface area contributed by atoms with E-state index in [9.17, 15) is 0 Å². The maximum Gasteiger partial charge on any atom is 0.0649 e. The smallest absolute Gasteiger partial charge is 0.0649 e. The molecule has 1 aromatic heterocycles. The van der Waals surface area contributed by atoms with Gasteiger partial charge in [-0.15, -0.1) is 0 Å². The second-order valence-corrected chi connectivity index (χ2v) is 4.53. The number of hydrogen-bond acceptors (Lipinski definition) is 1. The first kappa shape index (κ1) is 10.5. The van der Waals surface area contributed by atoms with Crippen molar-refractivity contribution in [1.29, 1.82) is 0 Å². The van der Waals surface area contributed by atoms with Crippen molar-refractivity contribution in [2.75, 3.05) is 0 Å². The number of halogens is 1. The van der Waals surface area contributed by atoms with Crippen LogP contribution in [0.15, 0.2) is 12.1 Å². The van der Waals surface area contributed by atoms with Crippen molar-refractivity contribution in [3.63, 3.8) is 0 Å². The zero-order chi connectivity index (χ0) is 11.2. The fraction of sp³-hybridized carbons (Fsp3) is 0.333. The number of benzene rings is 1. The summed E-state index contributed by atoms with van der Waals surface area (Å²) in [5.74, 6) is 0. The summed E-state index contributed by atoms with van der Waals surface area (Å²) in [5, 5.41) is 1.91. The highest BCUT2D eigenvalue weighted by atomic mass is 35.5. The molecule has 0 amide bonds. The number of fused-ring (bicyclic) bond motifs is 1. The van der Waals surface area contributed by atoms with Gasteiger partial charge in [0.25, 0.3) is 0 Å². The minimum Gasteiger partial charge on any atom is -0.357 e. The second-order valence-electron chi connectivity index (χ2n) is 4.12. The Morgan fingerprint density at radius 2 is 2.00 bits per heavy atom. The summed E-state index contributed by atoms with van der Waals surface area (Å²) in [4.78, 5) is 3.29. The Labute approximate surface area is 94.4 Å². The van der Waals surface area contributed by atoms with Gasteiger partial charge in [0.2, 0.25) is 0 Å². The van der Waals surface area contributed by atoms with Crippen molar-refractivity contribution in [1.82, 2.24) is 4.98 Å². The predicted octanol–water partition coefficient (Wildman–Crippen LogP) is 3.46. The van der Waals surface area contributed by atoms with Gasteiger partial charge in [0, 0.05) is 17.1 Å². The Bertz CT molecular complexity index is 512. The van der Waals surface area contributed by atoms with Crippen LogP contribution in [-0.2, 0) is 0 Å². The van der Waals surface area contributed by atoms with Crippen molar-refractivity contribution in [2.24, 2.45) is 5.73 Å². The number of aryl methyl sites for hydroxylation is 2. The second kappa shape index (κ2) is 3.54. The SMILES string of the molecule is Cc1cc(Cl)c2[nH]c(C)c(C(C)N)c2c1. The molecule has 0 aliphatic heterocycles. The van der Waals surface area contributed by atoms with Gasteiger partial charge in [0.15, 0.2) is 0 Å². The van der Waals surface area contributed by atoms with Crippen molar-refractivity contribution >= 4 is 22.5 Å². The van der Waals surface area contributed by atoms with Gasteiger partial charge in [-0.2, -0.15) is 0 Å². The van der Waals surface area contributed by atoms with Crippen LogP contribution in [0.5, 0.6) is 0 Å². The van der Waals surface area contributed by atoms with E-state index >= 15 is 0 Å². The van der Waals surface area contributed by atoms with Gasteiger partial charge in [0.1, 0.15) is 0 Å². The first-order valence-electron chi connectivity index (χ1n) is 5.04. The van der Waals surface area contributed by atoms with E-state index in [1.807, 2.05) is 26.8 Å². The molecule has 0 spiro atoms. The molecule has 0 aliphatic carbocycles. The van der Waals surface area contributed by atoms with E-state index in [1.54, 1.807) is 0 Å². The molecule has 2 nitrogen and oxygen atoms in total. The molecular formula is C12H15ClN2. The predicted molar refractivity (Wildman–Crippen MR) is 65.4 cm³/mol. The van der Waals surface area contributed by atoms with Crippen LogP contribution in [0, 0.1) is 13.8 Å². The Balaban J connectivity index is 2.86. The molecule has 2 rings (SSSR count). The number of aromatic nitrogens is 1. The van der Waals surface area contributed by atoms with E-state index in [2.05, 4.69) is 11.1 Å². The Hall–Kier alpha value is -0.990. The number of hydrogen-bond donors (Lipinski definition) is 2. The lowest BCUT2D eigenvalue weighted by molar-refractivity contribution is 0.816. The molecule has 0 radical (unpaired) electrons. The van der Waals surface area contributed by atoms with Crippen LogP contribution in [0.4, 0.5) is 0 Å². The van der Waals surface area contributed by atoms with Crippen LogP contribution in [0.2, 0.25) is 5.02 Å². The lowest BCUT2D eigenvalue weighted by atomic mass is 10.0. The van der Waals surface area contributed by atoms with Gasteiger partial charge in [-0.05, 0) is 44.0 Å². The van der Waals surface area contributed by atoms with Crippen LogP contribution in [-0.4, -0.2) is 4.98 Å². The van der Waals surface area contributed by atoms with Gasteiger partial charge in [-0.25, -0.2) is 0 Å². The Kier molecular flexibility index (Phi) is 2.49. The summed E-state index contributed by atoms with van der Waals surface area (Å²) in [5.41, 5.74) is 10.4. The molecule has 3 heteroatoms. The molecule has 80 valence electrons. The Morgan fingerprint density at radius 3 is 2.60 bits per heavy atom. The van der Waals surface area contributed by atoms with Gasteiger partial charge in [-0.3, -0.25) is 0 Å². The van der Waals surface area contributed by atoms with Crippen molar-refractivity contribution in [3.8, 4) is 0 Å². The van der Waals surface area contributed by atoms with E-state index < -0.39 is 0 Å². The summed E-state index contributed by atoms with van der Waals surface area (Å²) >= 11 is 6.18.